The van der Waals surface area contributed by atoms with E-state index in [0.717, 1.165) is 0 Å². The van der Waals surface area contributed by atoms with Gasteiger partial charge < -0.3 is 0 Å². The minimum absolute atomic E-state index is 0.0933. The summed E-state index contributed by atoms with van der Waals surface area (Å²) in [7, 11) is 1.69. The molecule has 124 valence electrons. The second-order valence-corrected chi connectivity index (χ2v) is 5.56. The summed E-state index contributed by atoms with van der Waals surface area (Å²) in [5.74, 6) is -0.739. The van der Waals surface area contributed by atoms with Crippen molar-refractivity contribution < 1.29 is 9.18 Å². The van der Waals surface area contributed by atoms with Gasteiger partial charge in [-0.05, 0) is 13.0 Å². The first kappa shape index (κ1) is 16.1. The van der Waals surface area contributed by atoms with E-state index in [4.69, 9.17) is 11.6 Å². The lowest BCUT2D eigenvalue weighted by atomic mass is 10.2. The number of nitrogens with one attached hydrogen (secondary N) is 1. The predicted octanol–water partition coefficient (Wildman–Crippen LogP) is 2.41. The molecule has 0 bridgehead atoms. The first-order chi connectivity index (χ1) is 11.5. The molecular weight excluding hydrogens is 335 g/mol. The molecule has 0 saturated carbocycles. The van der Waals surface area contributed by atoms with Gasteiger partial charge in [0.1, 0.15) is 12.1 Å². The van der Waals surface area contributed by atoms with E-state index in [1.54, 1.807) is 32.2 Å². The largest absolute Gasteiger partial charge is 0.288 e. The average molecular weight is 349 g/mol. The third-order valence-corrected chi connectivity index (χ3v) is 3.98. The zero-order valence-electron chi connectivity index (χ0n) is 13.0. The highest BCUT2D eigenvalue weighted by atomic mass is 35.5. The van der Waals surface area contributed by atoms with Crippen LogP contribution < -0.4 is 5.32 Å². The van der Waals surface area contributed by atoms with Gasteiger partial charge in [0.15, 0.2) is 5.69 Å². The lowest BCUT2D eigenvalue weighted by Gasteiger charge is -2.02. The van der Waals surface area contributed by atoms with Crippen LogP contribution in [0.3, 0.4) is 0 Å². The summed E-state index contributed by atoms with van der Waals surface area (Å²) in [6.45, 7) is 1.96. The highest BCUT2D eigenvalue weighted by molar-refractivity contribution is 6.34. The van der Waals surface area contributed by atoms with E-state index >= 15 is 0 Å². The highest BCUT2D eigenvalue weighted by Gasteiger charge is 2.19. The molecule has 2 aromatic heterocycles. The minimum atomic E-state index is -0.507. The second-order valence-electron chi connectivity index (χ2n) is 5.18. The van der Waals surface area contributed by atoms with Crippen LogP contribution in [0.5, 0.6) is 0 Å². The molecule has 0 fully saturated rings. The quantitative estimate of drug-likeness (QED) is 0.785. The third kappa shape index (κ3) is 3.13. The number of halogens is 2. The lowest BCUT2D eigenvalue weighted by molar-refractivity contribution is 0.102. The SMILES string of the molecule is Cc1c(Cl)c(C(=O)Nc2ncn(Cc3ccccc3F)n2)nn1C. The van der Waals surface area contributed by atoms with Crippen molar-refractivity contribution in [2.45, 2.75) is 13.5 Å². The van der Waals surface area contributed by atoms with Gasteiger partial charge in [-0.2, -0.15) is 5.10 Å². The summed E-state index contributed by atoms with van der Waals surface area (Å²) in [4.78, 5) is 16.2. The number of anilines is 1. The summed E-state index contributed by atoms with van der Waals surface area (Å²) in [5, 5.41) is 11.0. The monoisotopic (exact) mass is 348 g/mol. The molecule has 0 atom stereocenters. The predicted molar refractivity (Wildman–Crippen MR) is 86.4 cm³/mol. The van der Waals surface area contributed by atoms with Crippen LogP contribution in [-0.4, -0.2) is 30.5 Å². The van der Waals surface area contributed by atoms with Crippen LogP contribution in [0.15, 0.2) is 30.6 Å². The van der Waals surface area contributed by atoms with E-state index in [-0.39, 0.29) is 29.0 Å². The van der Waals surface area contributed by atoms with E-state index in [9.17, 15) is 9.18 Å². The number of aromatic nitrogens is 5. The van der Waals surface area contributed by atoms with Crippen molar-refractivity contribution in [3.05, 3.63) is 58.4 Å². The van der Waals surface area contributed by atoms with Gasteiger partial charge in [0, 0.05) is 12.6 Å². The summed E-state index contributed by atoms with van der Waals surface area (Å²) in [6, 6.07) is 6.39. The molecule has 0 spiro atoms. The van der Waals surface area contributed by atoms with E-state index in [1.807, 2.05) is 0 Å². The van der Waals surface area contributed by atoms with E-state index < -0.39 is 5.91 Å². The number of amides is 1. The van der Waals surface area contributed by atoms with E-state index in [1.165, 1.54) is 21.8 Å². The van der Waals surface area contributed by atoms with Crippen LogP contribution >= 0.6 is 11.6 Å². The molecule has 24 heavy (non-hydrogen) atoms. The maximum absolute atomic E-state index is 13.6. The highest BCUT2D eigenvalue weighted by Crippen LogP contribution is 2.19. The van der Waals surface area contributed by atoms with E-state index in [0.29, 0.717) is 11.3 Å². The van der Waals surface area contributed by atoms with Crippen LogP contribution in [0.2, 0.25) is 5.02 Å². The van der Waals surface area contributed by atoms with Crippen LogP contribution in [0.25, 0.3) is 0 Å². The summed E-state index contributed by atoms with van der Waals surface area (Å²) < 4.78 is 16.6. The molecule has 7 nitrogen and oxygen atoms in total. The molecule has 0 aliphatic heterocycles. The van der Waals surface area contributed by atoms with Crippen molar-refractivity contribution in [3.8, 4) is 0 Å². The second kappa shape index (κ2) is 6.40. The Balaban J connectivity index is 1.73. The topological polar surface area (TPSA) is 77.6 Å². The van der Waals surface area contributed by atoms with Gasteiger partial charge >= 0.3 is 0 Å². The van der Waals surface area contributed by atoms with E-state index in [2.05, 4.69) is 20.5 Å². The number of hydrogen-bond acceptors (Lipinski definition) is 4. The van der Waals surface area contributed by atoms with Crippen molar-refractivity contribution in [3.63, 3.8) is 0 Å². The number of rotatable bonds is 4. The molecule has 0 radical (unpaired) electrons. The van der Waals surface area contributed by atoms with Gasteiger partial charge in [-0.3, -0.25) is 14.8 Å². The van der Waals surface area contributed by atoms with Crippen molar-refractivity contribution in [2.24, 2.45) is 7.05 Å². The summed E-state index contributed by atoms with van der Waals surface area (Å²) >= 11 is 6.07. The summed E-state index contributed by atoms with van der Waals surface area (Å²) in [5.41, 5.74) is 1.26. The summed E-state index contributed by atoms with van der Waals surface area (Å²) in [6.07, 6.45) is 1.41. The first-order valence-electron chi connectivity index (χ1n) is 7.09. The van der Waals surface area contributed by atoms with Gasteiger partial charge in [0.2, 0.25) is 5.95 Å². The van der Waals surface area contributed by atoms with Crippen LogP contribution in [0, 0.1) is 12.7 Å². The molecule has 0 saturated heterocycles. The van der Waals surface area contributed by atoms with Gasteiger partial charge in [-0.1, -0.05) is 29.8 Å². The fraction of sp³-hybridized carbons (Fsp3) is 0.200. The fourth-order valence-corrected chi connectivity index (χ4v) is 2.36. The molecule has 1 aromatic carbocycles. The Morgan fingerprint density at radius 2 is 2.08 bits per heavy atom. The fourth-order valence-electron chi connectivity index (χ4n) is 2.12. The molecule has 3 rings (SSSR count). The molecule has 0 unspecified atom stereocenters. The molecule has 1 N–H and O–H groups in total. The maximum Gasteiger partial charge on any atom is 0.280 e. The Kier molecular flexibility index (Phi) is 4.30. The minimum Gasteiger partial charge on any atom is -0.288 e. The van der Waals surface area contributed by atoms with Gasteiger partial charge in [-0.15, -0.1) is 5.10 Å². The Morgan fingerprint density at radius 3 is 2.75 bits per heavy atom. The zero-order valence-corrected chi connectivity index (χ0v) is 13.8. The number of hydrogen-bond donors (Lipinski definition) is 1. The Hall–Kier alpha value is -2.74. The normalized spacial score (nSPS) is 10.8. The van der Waals surface area contributed by atoms with Crippen LogP contribution in [0.4, 0.5) is 10.3 Å². The standard InChI is InChI=1S/C15H14ClFN6O/c1-9-12(16)13(20-22(9)2)14(24)19-15-18-8-23(21-15)7-10-5-3-4-6-11(10)17/h3-6,8H,7H2,1-2H3,(H,19,21,24). The van der Waals surface area contributed by atoms with Gasteiger partial charge in [-0.25, -0.2) is 14.1 Å². The zero-order chi connectivity index (χ0) is 17.3. The third-order valence-electron chi connectivity index (χ3n) is 3.53. The van der Waals surface area contributed by atoms with Gasteiger partial charge in [0.05, 0.1) is 17.3 Å². The number of carbonyl (C=O) groups excluding carboxylic acids is 1. The van der Waals surface area contributed by atoms with Gasteiger partial charge in [0.25, 0.3) is 5.91 Å². The van der Waals surface area contributed by atoms with Crippen molar-refractivity contribution in [1.29, 1.82) is 0 Å². The lowest BCUT2D eigenvalue weighted by Crippen LogP contribution is -2.15. The molecule has 0 aliphatic carbocycles. The van der Waals surface area contributed by atoms with Crippen molar-refractivity contribution in [2.75, 3.05) is 5.32 Å². The Morgan fingerprint density at radius 1 is 1.33 bits per heavy atom. The molecule has 1 amide bonds. The van der Waals surface area contributed by atoms with Crippen molar-refractivity contribution in [1.82, 2.24) is 24.5 Å². The number of nitrogens with zero attached hydrogens (tertiary/aromatic N) is 5. The maximum atomic E-state index is 13.6. The molecule has 2 heterocycles. The molecule has 9 heteroatoms. The Labute approximate surface area is 142 Å². The molecule has 3 aromatic rings. The van der Waals surface area contributed by atoms with Crippen LogP contribution in [0.1, 0.15) is 21.7 Å². The Bertz CT molecular complexity index is 903. The molecular formula is C15H14ClFN6O. The number of carbonyl (C=O) groups is 1. The smallest absolute Gasteiger partial charge is 0.280 e. The first-order valence-corrected chi connectivity index (χ1v) is 7.47. The van der Waals surface area contributed by atoms with Crippen molar-refractivity contribution >= 4 is 23.5 Å². The average Bonchev–Trinajstić information content (AvgIpc) is 3.09. The molecule has 0 aliphatic rings. The number of aryl methyl sites for hydroxylation is 1. The van der Waals surface area contributed by atoms with Crippen LogP contribution in [-0.2, 0) is 13.6 Å². The number of benzene rings is 1.